The minimum atomic E-state index is 0.259. The molecule has 26 heavy (non-hydrogen) atoms. The van der Waals surface area contributed by atoms with Crippen molar-refractivity contribution in [3.63, 3.8) is 0 Å². The van der Waals surface area contributed by atoms with Gasteiger partial charge in [-0.2, -0.15) is 0 Å². The summed E-state index contributed by atoms with van der Waals surface area (Å²) in [6, 6.07) is 34.8. The Morgan fingerprint density at radius 2 is 1.23 bits per heavy atom. The molecule has 0 saturated carbocycles. The first kappa shape index (κ1) is 15.6. The summed E-state index contributed by atoms with van der Waals surface area (Å²) >= 11 is 3.83. The number of hydrogen-bond acceptors (Lipinski definition) is 0. The Hall–Kier alpha value is -2.64. The summed E-state index contributed by atoms with van der Waals surface area (Å²) in [6.45, 7) is 0. The Labute approximate surface area is 162 Å². The lowest BCUT2D eigenvalue weighted by atomic mass is 9.85. The van der Waals surface area contributed by atoms with E-state index in [1.807, 2.05) is 0 Å². The molecular weight excluding hydrogens is 380 g/mol. The van der Waals surface area contributed by atoms with Gasteiger partial charge in [0.15, 0.2) is 0 Å². The van der Waals surface area contributed by atoms with Crippen LogP contribution in [0.5, 0.6) is 0 Å². The predicted molar refractivity (Wildman–Crippen MR) is 112 cm³/mol. The van der Waals surface area contributed by atoms with Crippen molar-refractivity contribution in [2.45, 2.75) is 5.92 Å². The Kier molecular flexibility index (Phi) is 3.76. The largest absolute Gasteiger partial charge is 0.0622 e. The molecule has 5 rings (SSSR count). The van der Waals surface area contributed by atoms with Crippen molar-refractivity contribution in [2.24, 2.45) is 0 Å². The quantitative estimate of drug-likeness (QED) is 0.294. The highest BCUT2D eigenvalue weighted by Crippen LogP contribution is 2.53. The molecule has 0 fully saturated rings. The Balaban J connectivity index is 1.87. The predicted octanol–water partition coefficient (Wildman–Crippen LogP) is 7.28. The molecule has 0 nitrogen and oxygen atoms in total. The maximum Gasteiger partial charge on any atom is 0.0358 e. The smallest absolute Gasteiger partial charge is 0.0358 e. The van der Waals surface area contributed by atoms with Crippen molar-refractivity contribution in [2.75, 3.05) is 0 Å². The van der Waals surface area contributed by atoms with Gasteiger partial charge in [0.1, 0.15) is 0 Å². The third-order valence-electron chi connectivity index (χ3n) is 5.24. The zero-order chi connectivity index (χ0) is 17.5. The fraction of sp³-hybridized carbons (Fsp3) is 0.0400. The van der Waals surface area contributed by atoms with Crippen molar-refractivity contribution in [3.8, 4) is 22.3 Å². The molecule has 4 aromatic carbocycles. The average molecular weight is 397 g/mol. The molecule has 1 atom stereocenters. The van der Waals surface area contributed by atoms with E-state index in [-0.39, 0.29) is 5.92 Å². The monoisotopic (exact) mass is 396 g/mol. The normalized spacial score (nSPS) is 14.7. The maximum absolute atomic E-state index is 3.83. The second kappa shape index (κ2) is 6.26. The maximum atomic E-state index is 3.83. The number of benzene rings is 4. The van der Waals surface area contributed by atoms with Crippen LogP contribution in [0.25, 0.3) is 22.3 Å². The van der Waals surface area contributed by atoms with Crippen molar-refractivity contribution in [3.05, 3.63) is 118 Å². The van der Waals surface area contributed by atoms with E-state index in [1.54, 1.807) is 0 Å². The molecule has 0 aliphatic heterocycles. The number of halogens is 1. The molecule has 0 amide bonds. The summed E-state index contributed by atoms with van der Waals surface area (Å²) in [5.74, 6) is 0.259. The molecular formula is C25H17Br. The van der Waals surface area contributed by atoms with E-state index in [9.17, 15) is 0 Å². The highest BCUT2D eigenvalue weighted by atomic mass is 79.9. The molecule has 124 valence electrons. The number of rotatable bonds is 2. The van der Waals surface area contributed by atoms with E-state index in [1.165, 1.54) is 38.9 Å². The van der Waals surface area contributed by atoms with Crippen molar-refractivity contribution in [1.29, 1.82) is 0 Å². The second-order valence-electron chi connectivity index (χ2n) is 6.68. The molecule has 1 aliphatic carbocycles. The summed E-state index contributed by atoms with van der Waals surface area (Å²) < 4.78 is 1.15. The van der Waals surface area contributed by atoms with E-state index in [0.29, 0.717) is 0 Å². The van der Waals surface area contributed by atoms with Gasteiger partial charge in [-0.25, -0.2) is 0 Å². The van der Waals surface area contributed by atoms with Gasteiger partial charge in [0, 0.05) is 16.0 Å². The third kappa shape index (κ3) is 2.35. The van der Waals surface area contributed by atoms with E-state index in [0.717, 1.165) is 4.47 Å². The average Bonchev–Trinajstić information content (AvgIpc) is 3.03. The van der Waals surface area contributed by atoms with Crippen molar-refractivity contribution >= 4 is 15.9 Å². The first-order chi connectivity index (χ1) is 12.8. The fourth-order valence-electron chi connectivity index (χ4n) is 4.17. The van der Waals surface area contributed by atoms with Gasteiger partial charge in [0.25, 0.3) is 0 Å². The Morgan fingerprint density at radius 1 is 0.577 bits per heavy atom. The lowest BCUT2D eigenvalue weighted by molar-refractivity contribution is 1.02. The highest BCUT2D eigenvalue weighted by molar-refractivity contribution is 9.10. The minimum absolute atomic E-state index is 0.259. The van der Waals surface area contributed by atoms with Gasteiger partial charge in [-0.05, 0) is 39.4 Å². The van der Waals surface area contributed by atoms with Gasteiger partial charge in [-0.3, -0.25) is 0 Å². The summed E-state index contributed by atoms with van der Waals surface area (Å²) in [7, 11) is 0. The zero-order valence-corrected chi connectivity index (χ0v) is 15.8. The summed E-state index contributed by atoms with van der Waals surface area (Å²) in [6.07, 6.45) is 0. The van der Waals surface area contributed by atoms with Gasteiger partial charge in [-0.15, -0.1) is 0 Å². The lowest BCUT2D eigenvalue weighted by Crippen LogP contribution is -2.01. The SMILES string of the molecule is Brc1ccc2c(c1-c1ccccc1)C(c1ccccc1)c1ccccc1-2. The van der Waals surface area contributed by atoms with E-state index in [2.05, 4.69) is 113 Å². The molecule has 0 N–H and O–H groups in total. The first-order valence-corrected chi connectivity index (χ1v) is 9.66. The Morgan fingerprint density at radius 3 is 2.00 bits per heavy atom. The highest BCUT2D eigenvalue weighted by Gasteiger charge is 2.32. The van der Waals surface area contributed by atoms with Gasteiger partial charge in [0.2, 0.25) is 0 Å². The minimum Gasteiger partial charge on any atom is -0.0622 e. The zero-order valence-electron chi connectivity index (χ0n) is 14.2. The summed E-state index contributed by atoms with van der Waals surface area (Å²) in [4.78, 5) is 0. The molecule has 0 spiro atoms. The molecule has 0 bridgehead atoms. The number of hydrogen-bond donors (Lipinski definition) is 0. The molecule has 1 heteroatoms. The van der Waals surface area contributed by atoms with Crippen LogP contribution in [0.15, 0.2) is 102 Å². The molecule has 0 saturated heterocycles. The topological polar surface area (TPSA) is 0 Å². The first-order valence-electron chi connectivity index (χ1n) is 8.86. The van der Waals surface area contributed by atoms with E-state index >= 15 is 0 Å². The Bertz CT molecular complexity index is 1080. The van der Waals surface area contributed by atoms with Crippen LogP contribution in [-0.2, 0) is 0 Å². The van der Waals surface area contributed by atoms with Gasteiger partial charge in [0.05, 0.1) is 0 Å². The molecule has 0 radical (unpaired) electrons. The van der Waals surface area contributed by atoms with Crippen molar-refractivity contribution in [1.82, 2.24) is 0 Å². The summed E-state index contributed by atoms with van der Waals surface area (Å²) in [5, 5.41) is 0. The summed E-state index contributed by atoms with van der Waals surface area (Å²) in [5.41, 5.74) is 9.38. The van der Waals surface area contributed by atoms with Crippen LogP contribution in [0.2, 0.25) is 0 Å². The molecule has 1 aliphatic rings. The van der Waals surface area contributed by atoms with Crippen LogP contribution in [0, 0.1) is 0 Å². The van der Waals surface area contributed by atoms with Gasteiger partial charge in [-0.1, -0.05) is 107 Å². The van der Waals surface area contributed by atoms with E-state index < -0.39 is 0 Å². The molecule has 1 unspecified atom stereocenters. The lowest BCUT2D eigenvalue weighted by Gasteiger charge is -2.19. The van der Waals surface area contributed by atoms with Crippen LogP contribution >= 0.6 is 15.9 Å². The van der Waals surface area contributed by atoms with Crippen LogP contribution in [0.3, 0.4) is 0 Å². The van der Waals surface area contributed by atoms with Crippen molar-refractivity contribution < 1.29 is 0 Å². The third-order valence-corrected chi connectivity index (χ3v) is 5.90. The van der Waals surface area contributed by atoms with Crippen LogP contribution in [-0.4, -0.2) is 0 Å². The molecule has 0 heterocycles. The second-order valence-corrected chi connectivity index (χ2v) is 7.53. The fourth-order valence-corrected chi connectivity index (χ4v) is 4.74. The standard InChI is InChI=1S/C25H17Br/c26-22-16-15-21-19-13-7-8-14-20(19)23(17-9-3-1-4-10-17)25(21)24(22)18-11-5-2-6-12-18/h1-16,23H. The molecule has 4 aromatic rings. The number of fused-ring (bicyclic) bond motifs is 3. The van der Waals surface area contributed by atoms with Gasteiger partial charge >= 0.3 is 0 Å². The van der Waals surface area contributed by atoms with Crippen LogP contribution < -0.4 is 0 Å². The van der Waals surface area contributed by atoms with Gasteiger partial charge < -0.3 is 0 Å². The van der Waals surface area contributed by atoms with E-state index in [4.69, 9.17) is 0 Å². The van der Waals surface area contributed by atoms with Crippen LogP contribution in [0.4, 0.5) is 0 Å². The molecule has 0 aromatic heterocycles. The van der Waals surface area contributed by atoms with Crippen LogP contribution in [0.1, 0.15) is 22.6 Å².